The molecule has 4 rings (SSSR count). The predicted octanol–water partition coefficient (Wildman–Crippen LogP) is 2.83. The van der Waals surface area contributed by atoms with Crippen LogP contribution in [0.4, 0.5) is 0 Å². The van der Waals surface area contributed by atoms with Crippen molar-refractivity contribution in [3.8, 4) is 11.1 Å². The van der Waals surface area contributed by atoms with Gasteiger partial charge < -0.3 is 5.32 Å². The molecule has 0 aliphatic rings. The number of nitrogens with one attached hydrogen (secondary N) is 2. The number of carbonyl (C=O) groups is 1. The summed E-state index contributed by atoms with van der Waals surface area (Å²) >= 11 is 1.69. The van der Waals surface area contributed by atoms with Crippen LogP contribution in [0.1, 0.15) is 22.2 Å². The van der Waals surface area contributed by atoms with Gasteiger partial charge in [0.1, 0.15) is 0 Å². The van der Waals surface area contributed by atoms with Gasteiger partial charge >= 0.3 is 5.69 Å². The topological polar surface area (TPSA) is 79.3 Å². The number of rotatable bonds is 4. The number of aromatic nitrogens is 3. The summed E-state index contributed by atoms with van der Waals surface area (Å²) in [5.74, 6) is -0.0532. The van der Waals surface area contributed by atoms with Crippen LogP contribution in [0, 0.1) is 0 Å². The highest BCUT2D eigenvalue weighted by atomic mass is 32.1. The van der Waals surface area contributed by atoms with Crippen molar-refractivity contribution in [1.29, 1.82) is 0 Å². The first-order chi connectivity index (χ1) is 12.1. The van der Waals surface area contributed by atoms with E-state index in [0.29, 0.717) is 16.7 Å². The standard InChI is InChI=1S/C18H16N4O2S/c1-10(23)15-7-17-20-21-18(24)22(17)16-6-11(3-4-14(15)16)12-5-13(8-19-2)25-9-12/h3-7,9,19H,8H2,1-2H3,(H,21,24). The Morgan fingerprint density at radius 2 is 2.12 bits per heavy atom. The van der Waals surface area contributed by atoms with E-state index in [1.807, 2.05) is 25.2 Å². The molecule has 6 nitrogen and oxygen atoms in total. The Labute approximate surface area is 147 Å². The molecule has 126 valence electrons. The lowest BCUT2D eigenvalue weighted by atomic mass is 10.0. The fraction of sp³-hybridized carbons (Fsp3) is 0.167. The SMILES string of the molecule is CNCc1cc(-c2ccc3c(C(C)=O)cc4n[nH]c(=O)n4c3c2)cs1. The van der Waals surface area contributed by atoms with E-state index in [4.69, 9.17) is 0 Å². The van der Waals surface area contributed by atoms with Crippen LogP contribution in [0.25, 0.3) is 27.7 Å². The number of aromatic amines is 1. The molecule has 0 radical (unpaired) electrons. The highest BCUT2D eigenvalue weighted by molar-refractivity contribution is 7.10. The Morgan fingerprint density at radius 3 is 2.88 bits per heavy atom. The van der Waals surface area contributed by atoms with Gasteiger partial charge in [-0.05, 0) is 48.7 Å². The smallest absolute Gasteiger partial charge is 0.315 e. The lowest BCUT2D eigenvalue weighted by Crippen LogP contribution is -2.11. The number of hydrogen-bond donors (Lipinski definition) is 2. The average molecular weight is 352 g/mol. The first kappa shape index (κ1) is 15.7. The number of fused-ring (bicyclic) bond motifs is 3. The fourth-order valence-corrected chi connectivity index (χ4v) is 3.96. The number of nitrogens with zero attached hydrogens (tertiary/aromatic N) is 2. The van der Waals surface area contributed by atoms with E-state index in [1.54, 1.807) is 17.4 Å². The summed E-state index contributed by atoms with van der Waals surface area (Å²) < 4.78 is 1.51. The summed E-state index contributed by atoms with van der Waals surface area (Å²) in [6, 6.07) is 9.61. The number of hydrogen-bond acceptors (Lipinski definition) is 5. The van der Waals surface area contributed by atoms with Gasteiger partial charge in [0, 0.05) is 22.4 Å². The second-order valence-electron chi connectivity index (χ2n) is 5.90. The molecule has 1 aromatic carbocycles. The zero-order chi connectivity index (χ0) is 17.6. The van der Waals surface area contributed by atoms with Crippen LogP contribution >= 0.6 is 11.3 Å². The molecule has 0 saturated carbocycles. The zero-order valence-electron chi connectivity index (χ0n) is 13.8. The van der Waals surface area contributed by atoms with Crippen LogP contribution in [0.2, 0.25) is 0 Å². The first-order valence-corrected chi connectivity index (χ1v) is 8.73. The Kier molecular flexibility index (Phi) is 3.74. The molecule has 3 heterocycles. The van der Waals surface area contributed by atoms with Gasteiger partial charge in [0.15, 0.2) is 11.4 Å². The summed E-state index contributed by atoms with van der Waals surface area (Å²) in [7, 11) is 1.92. The molecule has 0 unspecified atom stereocenters. The van der Waals surface area contributed by atoms with Crippen molar-refractivity contribution < 1.29 is 4.79 Å². The monoisotopic (exact) mass is 352 g/mol. The number of carbonyl (C=O) groups excluding carboxylic acids is 1. The molecule has 3 aromatic heterocycles. The number of benzene rings is 1. The van der Waals surface area contributed by atoms with Crippen molar-refractivity contribution in [2.45, 2.75) is 13.5 Å². The van der Waals surface area contributed by atoms with Crippen molar-refractivity contribution in [2.24, 2.45) is 0 Å². The molecule has 0 saturated heterocycles. The Bertz CT molecular complexity index is 1170. The highest BCUT2D eigenvalue weighted by Gasteiger charge is 2.14. The minimum atomic E-state index is -0.312. The molecule has 4 aromatic rings. The highest BCUT2D eigenvalue weighted by Crippen LogP contribution is 2.30. The minimum absolute atomic E-state index is 0.0532. The van der Waals surface area contributed by atoms with Crippen LogP contribution in [-0.4, -0.2) is 27.4 Å². The van der Waals surface area contributed by atoms with Gasteiger partial charge in [0.2, 0.25) is 0 Å². The molecule has 0 amide bonds. The molecule has 0 aliphatic heterocycles. The number of H-pyrrole nitrogens is 1. The van der Waals surface area contributed by atoms with Crippen molar-refractivity contribution in [2.75, 3.05) is 7.05 Å². The number of thiophene rings is 1. The molecule has 0 spiro atoms. The third kappa shape index (κ3) is 2.57. The fourth-order valence-electron chi connectivity index (χ4n) is 3.06. The lowest BCUT2D eigenvalue weighted by molar-refractivity contribution is 0.101. The van der Waals surface area contributed by atoms with Crippen molar-refractivity contribution in [3.05, 3.63) is 56.6 Å². The summed E-state index contributed by atoms with van der Waals surface area (Å²) in [6.07, 6.45) is 0. The number of pyridine rings is 1. The van der Waals surface area contributed by atoms with Gasteiger partial charge in [-0.1, -0.05) is 12.1 Å². The summed E-state index contributed by atoms with van der Waals surface area (Å²) in [5.41, 5.74) is 3.47. The maximum Gasteiger partial charge on any atom is 0.348 e. The Hall–Kier alpha value is -2.77. The molecule has 7 heteroatoms. The van der Waals surface area contributed by atoms with E-state index in [2.05, 4.69) is 27.0 Å². The lowest BCUT2D eigenvalue weighted by Gasteiger charge is -2.08. The third-order valence-electron chi connectivity index (χ3n) is 4.22. The summed E-state index contributed by atoms with van der Waals surface area (Å²) in [6.45, 7) is 2.34. The zero-order valence-corrected chi connectivity index (χ0v) is 14.6. The molecular weight excluding hydrogens is 336 g/mol. The van der Waals surface area contributed by atoms with E-state index >= 15 is 0 Å². The van der Waals surface area contributed by atoms with E-state index in [-0.39, 0.29) is 11.5 Å². The maximum absolute atomic E-state index is 12.2. The van der Waals surface area contributed by atoms with Gasteiger partial charge in [-0.3, -0.25) is 4.79 Å². The normalized spacial score (nSPS) is 11.4. The van der Waals surface area contributed by atoms with Crippen LogP contribution in [-0.2, 0) is 6.54 Å². The molecule has 0 aliphatic carbocycles. The second-order valence-corrected chi connectivity index (χ2v) is 6.90. The van der Waals surface area contributed by atoms with Crippen LogP contribution in [0.5, 0.6) is 0 Å². The number of Topliss-reactive ketones (excluding diaryl/α,β-unsaturated/α-hetero) is 1. The molecule has 0 bridgehead atoms. The maximum atomic E-state index is 12.2. The van der Waals surface area contributed by atoms with E-state index in [0.717, 1.165) is 23.1 Å². The molecular formula is C18H16N4O2S. The van der Waals surface area contributed by atoms with Gasteiger partial charge in [-0.25, -0.2) is 14.3 Å². The summed E-state index contributed by atoms with van der Waals surface area (Å²) in [5, 5.41) is 12.4. The average Bonchev–Trinajstić information content (AvgIpc) is 3.21. The molecule has 0 fully saturated rings. The van der Waals surface area contributed by atoms with Gasteiger partial charge in [0.25, 0.3) is 0 Å². The summed E-state index contributed by atoms with van der Waals surface area (Å²) in [4.78, 5) is 25.4. The largest absolute Gasteiger partial charge is 0.348 e. The van der Waals surface area contributed by atoms with Gasteiger partial charge in [-0.15, -0.1) is 11.3 Å². The Morgan fingerprint density at radius 1 is 1.28 bits per heavy atom. The van der Waals surface area contributed by atoms with Crippen molar-refractivity contribution in [1.82, 2.24) is 19.9 Å². The Balaban J connectivity index is 2.00. The van der Waals surface area contributed by atoms with Crippen LogP contribution < -0.4 is 11.0 Å². The van der Waals surface area contributed by atoms with Gasteiger partial charge in [0.05, 0.1) is 5.52 Å². The second kappa shape index (κ2) is 5.94. The van der Waals surface area contributed by atoms with E-state index in [1.165, 1.54) is 16.2 Å². The predicted molar refractivity (Wildman–Crippen MR) is 99.4 cm³/mol. The van der Waals surface area contributed by atoms with Crippen LogP contribution in [0.15, 0.2) is 40.5 Å². The van der Waals surface area contributed by atoms with E-state index < -0.39 is 0 Å². The molecule has 2 N–H and O–H groups in total. The van der Waals surface area contributed by atoms with Gasteiger partial charge in [-0.2, -0.15) is 5.10 Å². The quantitative estimate of drug-likeness (QED) is 0.554. The molecule has 0 atom stereocenters. The van der Waals surface area contributed by atoms with E-state index in [9.17, 15) is 9.59 Å². The van der Waals surface area contributed by atoms with Crippen molar-refractivity contribution in [3.63, 3.8) is 0 Å². The minimum Gasteiger partial charge on any atom is -0.315 e. The number of ketones is 1. The third-order valence-corrected chi connectivity index (χ3v) is 5.15. The van der Waals surface area contributed by atoms with Crippen molar-refractivity contribution >= 4 is 33.7 Å². The molecule has 25 heavy (non-hydrogen) atoms. The van der Waals surface area contributed by atoms with Crippen LogP contribution in [0.3, 0.4) is 0 Å². The first-order valence-electron chi connectivity index (χ1n) is 7.85.